The molecule has 26 heavy (non-hydrogen) atoms. The second-order valence-electron chi connectivity index (χ2n) is 6.04. The highest BCUT2D eigenvalue weighted by molar-refractivity contribution is 7.98. The van der Waals surface area contributed by atoms with Crippen molar-refractivity contribution in [2.75, 3.05) is 6.26 Å². The number of carbonyl (C=O) groups is 1. The summed E-state index contributed by atoms with van der Waals surface area (Å²) in [5.41, 5.74) is 3.97. The lowest BCUT2D eigenvalue weighted by Gasteiger charge is -2.09. The molecule has 6 heteroatoms. The van der Waals surface area contributed by atoms with Gasteiger partial charge >= 0.3 is 0 Å². The molecule has 0 unspecified atom stereocenters. The molecule has 0 aliphatic rings. The van der Waals surface area contributed by atoms with Gasteiger partial charge in [0.2, 0.25) is 5.91 Å². The fourth-order valence-electron chi connectivity index (χ4n) is 2.72. The van der Waals surface area contributed by atoms with Gasteiger partial charge in [0.1, 0.15) is 0 Å². The number of hydrogen-bond donors (Lipinski definition) is 1. The molecular formula is C20H22N4OS. The van der Waals surface area contributed by atoms with Gasteiger partial charge in [-0.15, -0.1) is 11.8 Å². The number of carbonyl (C=O) groups excluding carboxylic acids is 1. The summed E-state index contributed by atoms with van der Waals surface area (Å²) in [6.07, 6.45) is 8.73. The number of thioether (sulfide) groups is 1. The fraction of sp³-hybridized carbons (Fsp3) is 0.250. The smallest absolute Gasteiger partial charge is 0.220 e. The lowest BCUT2D eigenvalue weighted by atomic mass is 10.1. The lowest BCUT2D eigenvalue weighted by Crippen LogP contribution is -2.23. The van der Waals surface area contributed by atoms with Crippen molar-refractivity contribution in [2.24, 2.45) is 7.05 Å². The van der Waals surface area contributed by atoms with Crippen molar-refractivity contribution < 1.29 is 4.79 Å². The minimum Gasteiger partial charge on any atom is -0.352 e. The maximum atomic E-state index is 12.2. The van der Waals surface area contributed by atoms with Crippen molar-refractivity contribution >= 4 is 17.7 Å². The summed E-state index contributed by atoms with van der Waals surface area (Å²) in [6.45, 7) is 0.461. The van der Waals surface area contributed by atoms with Gasteiger partial charge in [0, 0.05) is 42.9 Å². The Morgan fingerprint density at radius 1 is 1.23 bits per heavy atom. The van der Waals surface area contributed by atoms with Crippen LogP contribution in [0.1, 0.15) is 17.5 Å². The van der Waals surface area contributed by atoms with Crippen molar-refractivity contribution in [3.05, 3.63) is 66.1 Å². The third-order valence-electron chi connectivity index (χ3n) is 4.15. The summed E-state index contributed by atoms with van der Waals surface area (Å²) in [6, 6.07) is 12.2. The van der Waals surface area contributed by atoms with Crippen LogP contribution in [0, 0.1) is 0 Å². The van der Waals surface area contributed by atoms with Crippen molar-refractivity contribution in [3.63, 3.8) is 0 Å². The Morgan fingerprint density at radius 2 is 2.04 bits per heavy atom. The number of rotatable bonds is 7. The molecule has 0 bridgehead atoms. The first-order chi connectivity index (χ1) is 12.7. The molecule has 0 spiro atoms. The molecule has 0 atom stereocenters. The van der Waals surface area contributed by atoms with Gasteiger partial charge in [-0.3, -0.25) is 14.5 Å². The zero-order valence-corrected chi connectivity index (χ0v) is 15.8. The first kappa shape index (κ1) is 18.2. The highest BCUT2D eigenvalue weighted by Gasteiger charge is 2.09. The number of nitrogens with one attached hydrogen (secondary N) is 1. The van der Waals surface area contributed by atoms with E-state index in [0.717, 1.165) is 23.2 Å². The molecule has 0 aliphatic heterocycles. The van der Waals surface area contributed by atoms with E-state index < -0.39 is 0 Å². The van der Waals surface area contributed by atoms with Gasteiger partial charge < -0.3 is 5.32 Å². The van der Waals surface area contributed by atoms with E-state index in [1.54, 1.807) is 28.8 Å². The summed E-state index contributed by atoms with van der Waals surface area (Å²) in [5.74, 6) is 0.0416. The number of aryl methyl sites for hydroxylation is 2. The van der Waals surface area contributed by atoms with Crippen molar-refractivity contribution in [2.45, 2.75) is 24.3 Å². The van der Waals surface area contributed by atoms with E-state index in [0.29, 0.717) is 13.0 Å². The van der Waals surface area contributed by atoms with Crippen LogP contribution in [0.15, 0.2) is 59.9 Å². The molecule has 1 amide bonds. The molecule has 134 valence electrons. The van der Waals surface area contributed by atoms with Crippen molar-refractivity contribution in [1.29, 1.82) is 0 Å². The van der Waals surface area contributed by atoms with Crippen LogP contribution >= 0.6 is 11.8 Å². The van der Waals surface area contributed by atoms with E-state index in [1.807, 2.05) is 25.4 Å². The second kappa shape index (κ2) is 8.67. The molecule has 1 N–H and O–H groups in total. The molecule has 0 saturated carbocycles. The van der Waals surface area contributed by atoms with Crippen LogP contribution < -0.4 is 5.32 Å². The molecule has 2 aromatic heterocycles. The number of pyridine rings is 1. The van der Waals surface area contributed by atoms with E-state index in [1.165, 1.54) is 10.5 Å². The Morgan fingerprint density at radius 3 is 2.73 bits per heavy atom. The van der Waals surface area contributed by atoms with E-state index in [4.69, 9.17) is 0 Å². The topological polar surface area (TPSA) is 59.8 Å². The minimum atomic E-state index is 0.0416. The molecule has 5 nitrogen and oxygen atoms in total. The Balaban J connectivity index is 1.56. The van der Waals surface area contributed by atoms with Crippen LogP contribution in [0.4, 0.5) is 0 Å². The van der Waals surface area contributed by atoms with Crippen LogP contribution in [0.3, 0.4) is 0 Å². The zero-order chi connectivity index (χ0) is 18.4. The van der Waals surface area contributed by atoms with Crippen LogP contribution in [0.5, 0.6) is 0 Å². The van der Waals surface area contributed by atoms with Crippen LogP contribution in [0.25, 0.3) is 11.3 Å². The molecular weight excluding hydrogens is 344 g/mol. The molecule has 0 aliphatic carbocycles. The van der Waals surface area contributed by atoms with Gasteiger partial charge in [0.05, 0.1) is 11.9 Å². The molecule has 3 rings (SSSR count). The summed E-state index contributed by atoms with van der Waals surface area (Å²) in [5, 5.41) is 7.19. The quantitative estimate of drug-likeness (QED) is 0.651. The number of aromatic nitrogens is 3. The first-order valence-corrected chi connectivity index (χ1v) is 9.70. The van der Waals surface area contributed by atoms with Gasteiger partial charge in [-0.2, -0.15) is 5.10 Å². The molecule has 0 radical (unpaired) electrons. The van der Waals surface area contributed by atoms with Gasteiger partial charge in [0.25, 0.3) is 0 Å². The van der Waals surface area contributed by atoms with Gasteiger partial charge in [-0.05, 0) is 42.0 Å². The maximum Gasteiger partial charge on any atom is 0.220 e. The molecule has 2 heterocycles. The molecule has 1 aromatic carbocycles. The van der Waals surface area contributed by atoms with Crippen LogP contribution in [-0.2, 0) is 24.8 Å². The van der Waals surface area contributed by atoms with Gasteiger partial charge in [0.15, 0.2) is 0 Å². The Kier molecular flexibility index (Phi) is 6.07. The predicted molar refractivity (Wildman–Crippen MR) is 105 cm³/mol. The summed E-state index contributed by atoms with van der Waals surface area (Å²) < 4.78 is 1.74. The monoisotopic (exact) mass is 366 g/mol. The third kappa shape index (κ3) is 4.73. The molecule has 0 saturated heterocycles. The number of benzene rings is 1. The SMILES string of the molecule is CSc1ccc(CCC(=O)NCc2cccnc2-c2cnn(C)c2)cc1. The van der Waals surface area contributed by atoms with Gasteiger partial charge in [-0.1, -0.05) is 18.2 Å². The first-order valence-electron chi connectivity index (χ1n) is 8.48. The Labute approximate surface area is 157 Å². The number of amides is 1. The lowest BCUT2D eigenvalue weighted by molar-refractivity contribution is -0.121. The molecule has 3 aromatic rings. The normalized spacial score (nSPS) is 10.7. The summed E-state index contributed by atoms with van der Waals surface area (Å²) in [7, 11) is 1.87. The van der Waals surface area contributed by atoms with E-state index >= 15 is 0 Å². The maximum absolute atomic E-state index is 12.2. The highest BCUT2D eigenvalue weighted by Crippen LogP contribution is 2.20. The van der Waals surface area contributed by atoms with Crippen molar-refractivity contribution in [1.82, 2.24) is 20.1 Å². The second-order valence-corrected chi connectivity index (χ2v) is 6.92. The average Bonchev–Trinajstić information content (AvgIpc) is 3.11. The third-order valence-corrected chi connectivity index (χ3v) is 4.89. The van der Waals surface area contributed by atoms with Crippen LogP contribution in [-0.4, -0.2) is 26.9 Å². The standard InChI is InChI=1S/C20H22N4OS/c1-24-14-17(13-23-24)20-16(4-3-11-21-20)12-22-19(25)10-7-15-5-8-18(26-2)9-6-15/h3-6,8-9,11,13-14H,7,10,12H2,1-2H3,(H,22,25). The average molecular weight is 366 g/mol. The van der Waals surface area contributed by atoms with E-state index in [-0.39, 0.29) is 5.91 Å². The van der Waals surface area contributed by atoms with Gasteiger partial charge in [-0.25, -0.2) is 0 Å². The Hall–Kier alpha value is -2.60. The van der Waals surface area contributed by atoms with Crippen LogP contribution in [0.2, 0.25) is 0 Å². The van der Waals surface area contributed by atoms with E-state index in [2.05, 4.69) is 45.9 Å². The Bertz CT molecular complexity index is 874. The highest BCUT2D eigenvalue weighted by atomic mass is 32.2. The number of nitrogens with zero attached hydrogens (tertiary/aromatic N) is 3. The predicted octanol–water partition coefficient (Wildman–Crippen LogP) is 3.45. The largest absolute Gasteiger partial charge is 0.352 e. The summed E-state index contributed by atoms with van der Waals surface area (Å²) in [4.78, 5) is 17.9. The number of hydrogen-bond acceptors (Lipinski definition) is 4. The van der Waals surface area contributed by atoms with Crippen molar-refractivity contribution in [3.8, 4) is 11.3 Å². The molecule has 0 fully saturated rings. The van der Waals surface area contributed by atoms with E-state index in [9.17, 15) is 4.79 Å². The fourth-order valence-corrected chi connectivity index (χ4v) is 3.13. The zero-order valence-electron chi connectivity index (χ0n) is 15.0. The minimum absolute atomic E-state index is 0.0416. The summed E-state index contributed by atoms with van der Waals surface area (Å²) >= 11 is 1.72.